The van der Waals surface area contributed by atoms with Gasteiger partial charge in [-0.25, -0.2) is 9.98 Å². The summed E-state index contributed by atoms with van der Waals surface area (Å²) < 4.78 is 9.42. The Morgan fingerprint density at radius 2 is 1.12 bits per heavy atom. The summed E-state index contributed by atoms with van der Waals surface area (Å²) in [6.45, 7) is 0. The van der Waals surface area contributed by atoms with Crippen molar-refractivity contribution >= 4 is 75.9 Å². The summed E-state index contributed by atoms with van der Waals surface area (Å²) in [4.78, 5) is 10.7. The molecule has 60 heavy (non-hydrogen) atoms. The van der Waals surface area contributed by atoms with Crippen LogP contribution in [0.15, 0.2) is 215 Å². The lowest BCUT2D eigenvalue weighted by molar-refractivity contribution is 0.669. The summed E-state index contributed by atoms with van der Waals surface area (Å²) in [5.74, 6) is 1.42. The number of hydrogen-bond acceptors (Lipinski definition) is 5. The van der Waals surface area contributed by atoms with Gasteiger partial charge >= 0.3 is 0 Å². The van der Waals surface area contributed by atoms with Gasteiger partial charge in [-0.3, -0.25) is 0 Å². The van der Waals surface area contributed by atoms with Crippen molar-refractivity contribution in [1.82, 2.24) is 5.32 Å². The molecule has 0 saturated heterocycles. The Bertz CT molecular complexity index is 3510. The van der Waals surface area contributed by atoms with Crippen LogP contribution in [-0.2, 0) is 0 Å². The maximum absolute atomic E-state index is 6.81. The summed E-state index contributed by atoms with van der Waals surface area (Å²) in [7, 11) is 0. The predicted octanol–water partition coefficient (Wildman–Crippen LogP) is 14.6. The molecule has 2 aromatic heterocycles. The third-order valence-corrected chi connectivity index (χ3v) is 13.0. The fourth-order valence-corrected chi connectivity index (χ4v) is 10.2. The van der Waals surface area contributed by atoms with Gasteiger partial charge in [0.05, 0.1) is 0 Å². The van der Waals surface area contributed by atoms with E-state index in [-0.39, 0.29) is 6.17 Å². The first kappa shape index (κ1) is 34.4. The largest absolute Gasteiger partial charge is 0.455 e. The molecule has 282 valence electrons. The summed E-state index contributed by atoms with van der Waals surface area (Å²) in [5.41, 5.74) is 11.4. The molecule has 1 aliphatic heterocycles. The average molecular weight is 786 g/mol. The first-order valence-electron chi connectivity index (χ1n) is 20.3. The summed E-state index contributed by atoms with van der Waals surface area (Å²) in [6.07, 6.45) is -0.357. The second-order valence-electron chi connectivity index (χ2n) is 15.3. The molecule has 0 amide bonds. The van der Waals surface area contributed by atoms with E-state index in [0.29, 0.717) is 5.84 Å². The molecule has 3 heterocycles. The van der Waals surface area contributed by atoms with E-state index in [4.69, 9.17) is 14.4 Å². The Labute approximate surface area is 350 Å². The molecule has 9 aromatic carbocycles. The normalized spacial score (nSPS) is 14.2. The Morgan fingerprint density at radius 1 is 0.450 bits per heavy atom. The highest BCUT2D eigenvalue weighted by Gasteiger charge is 2.25. The van der Waals surface area contributed by atoms with Crippen molar-refractivity contribution in [3.63, 3.8) is 0 Å². The number of amidine groups is 2. The molecule has 0 fully saturated rings. The van der Waals surface area contributed by atoms with Crippen molar-refractivity contribution < 1.29 is 4.42 Å². The smallest absolute Gasteiger partial charge is 0.160 e. The summed E-state index contributed by atoms with van der Waals surface area (Å²) >= 11 is 1.88. The SMILES string of the molecule is c1ccc(-c2cc(-c3ccccc3)c3oc4cccc(C5=NC(c6ccccc6)NC(c6cccc(-c7cccc8c7sc7c9ccccc9ccc87)c6)=N5)c4c3c2)cc1. The number of fused-ring (bicyclic) bond motifs is 8. The highest BCUT2D eigenvalue weighted by molar-refractivity contribution is 7.27. The summed E-state index contributed by atoms with van der Waals surface area (Å²) in [6, 6.07) is 70.8. The van der Waals surface area contributed by atoms with E-state index in [1.54, 1.807) is 0 Å². The van der Waals surface area contributed by atoms with Crippen LogP contribution in [0, 0.1) is 0 Å². The molecule has 0 saturated carbocycles. The first-order chi connectivity index (χ1) is 29.7. The molecule has 1 N–H and O–H groups in total. The van der Waals surface area contributed by atoms with Gasteiger partial charge in [0.15, 0.2) is 5.84 Å². The van der Waals surface area contributed by atoms with Gasteiger partial charge in [-0.2, -0.15) is 0 Å². The van der Waals surface area contributed by atoms with E-state index in [1.165, 1.54) is 36.5 Å². The second-order valence-corrected chi connectivity index (χ2v) is 16.3. The maximum atomic E-state index is 6.81. The molecule has 1 atom stereocenters. The number of hydrogen-bond donors (Lipinski definition) is 1. The molecule has 1 aliphatic rings. The average Bonchev–Trinajstić information content (AvgIpc) is 3.91. The number of furan rings is 1. The highest BCUT2D eigenvalue weighted by atomic mass is 32.1. The van der Waals surface area contributed by atoms with E-state index >= 15 is 0 Å². The van der Waals surface area contributed by atoms with E-state index in [0.717, 1.165) is 72.3 Å². The van der Waals surface area contributed by atoms with Gasteiger partial charge in [0, 0.05) is 47.6 Å². The Balaban J connectivity index is 1.04. The van der Waals surface area contributed by atoms with Crippen LogP contribution >= 0.6 is 11.3 Å². The van der Waals surface area contributed by atoms with Gasteiger partial charge in [0.25, 0.3) is 0 Å². The van der Waals surface area contributed by atoms with Gasteiger partial charge < -0.3 is 9.73 Å². The Morgan fingerprint density at radius 3 is 1.97 bits per heavy atom. The fraction of sp³-hybridized carbons (Fsp3) is 0.0182. The van der Waals surface area contributed by atoms with Crippen molar-refractivity contribution in [2.45, 2.75) is 6.17 Å². The van der Waals surface area contributed by atoms with E-state index in [1.807, 2.05) is 29.5 Å². The number of thiophene rings is 1. The predicted molar refractivity (Wildman–Crippen MR) is 252 cm³/mol. The molecular weight excluding hydrogens is 751 g/mol. The third kappa shape index (κ3) is 5.74. The minimum atomic E-state index is -0.357. The van der Waals surface area contributed by atoms with Crippen LogP contribution < -0.4 is 5.32 Å². The molecule has 0 bridgehead atoms. The lowest BCUT2D eigenvalue weighted by Crippen LogP contribution is -2.33. The van der Waals surface area contributed by atoms with Crippen LogP contribution in [0.5, 0.6) is 0 Å². The van der Waals surface area contributed by atoms with E-state index in [2.05, 4.69) is 187 Å². The maximum Gasteiger partial charge on any atom is 0.160 e. The second kappa shape index (κ2) is 14.0. The lowest BCUT2D eigenvalue weighted by Gasteiger charge is -2.24. The molecule has 0 spiro atoms. The zero-order valence-electron chi connectivity index (χ0n) is 32.3. The van der Waals surface area contributed by atoms with Crippen LogP contribution in [0.4, 0.5) is 0 Å². The summed E-state index contributed by atoms with van der Waals surface area (Å²) in [5, 5.41) is 10.9. The molecule has 0 radical (unpaired) electrons. The zero-order valence-corrected chi connectivity index (χ0v) is 33.2. The van der Waals surface area contributed by atoms with E-state index in [9.17, 15) is 0 Å². The lowest BCUT2D eigenvalue weighted by atomic mass is 9.94. The number of aliphatic imine (C=N–C) groups is 2. The number of rotatable bonds is 6. The van der Waals surface area contributed by atoms with Gasteiger partial charge in [-0.15, -0.1) is 11.3 Å². The Kier molecular flexibility index (Phi) is 8.06. The minimum absolute atomic E-state index is 0.357. The van der Waals surface area contributed by atoms with Gasteiger partial charge in [0.2, 0.25) is 0 Å². The van der Waals surface area contributed by atoms with Gasteiger partial charge in [-0.1, -0.05) is 176 Å². The van der Waals surface area contributed by atoms with Crippen LogP contribution in [0.25, 0.3) is 86.3 Å². The molecule has 5 heteroatoms. The number of benzene rings is 9. The highest BCUT2D eigenvalue weighted by Crippen LogP contribution is 2.44. The molecule has 11 aromatic rings. The van der Waals surface area contributed by atoms with E-state index < -0.39 is 0 Å². The van der Waals surface area contributed by atoms with Crippen LogP contribution in [-0.4, -0.2) is 11.7 Å². The first-order valence-corrected chi connectivity index (χ1v) is 21.1. The zero-order chi connectivity index (χ0) is 39.6. The molecular formula is C55H35N3OS. The van der Waals surface area contributed by atoms with Crippen molar-refractivity contribution in [3.05, 3.63) is 217 Å². The number of nitrogens with one attached hydrogen (secondary N) is 1. The monoisotopic (exact) mass is 785 g/mol. The topological polar surface area (TPSA) is 49.9 Å². The minimum Gasteiger partial charge on any atom is -0.455 e. The van der Waals surface area contributed by atoms with Crippen molar-refractivity contribution in [2.75, 3.05) is 0 Å². The standard InChI is InChI=1S/C55H35N3OS/c1-4-15-34(16-5-1)40-32-46(35-17-6-2-7-18-35)50-47(33-40)49-45(27-14-28-48(49)59-50)55-57-53(37-20-8-3-9-21-37)56-54(58-55)39-23-12-22-38(31-39)42-25-13-26-43-44-30-29-36-19-10-11-24-41(36)51(44)60-52(42)43/h1-33,53H,(H,56,57,58). The van der Waals surface area contributed by atoms with Crippen LogP contribution in [0.1, 0.15) is 22.9 Å². The fourth-order valence-electron chi connectivity index (χ4n) is 8.85. The van der Waals surface area contributed by atoms with Crippen molar-refractivity contribution in [2.24, 2.45) is 9.98 Å². The third-order valence-electron chi connectivity index (χ3n) is 11.7. The molecule has 12 rings (SSSR count). The van der Waals surface area contributed by atoms with Crippen molar-refractivity contribution in [3.8, 4) is 33.4 Å². The quantitative estimate of drug-likeness (QED) is 0.183. The number of nitrogens with zero attached hydrogens (tertiary/aromatic N) is 2. The molecule has 1 unspecified atom stereocenters. The van der Waals surface area contributed by atoms with Crippen LogP contribution in [0.2, 0.25) is 0 Å². The van der Waals surface area contributed by atoms with Crippen molar-refractivity contribution in [1.29, 1.82) is 0 Å². The molecule has 0 aliphatic carbocycles. The molecule has 4 nitrogen and oxygen atoms in total. The van der Waals surface area contributed by atoms with Gasteiger partial charge in [0.1, 0.15) is 23.2 Å². The van der Waals surface area contributed by atoms with Gasteiger partial charge in [-0.05, 0) is 68.4 Å². The van der Waals surface area contributed by atoms with Crippen LogP contribution in [0.3, 0.4) is 0 Å². The Hall–Kier alpha value is -7.60.